The van der Waals surface area contributed by atoms with Crippen LogP contribution in [0, 0.1) is 0 Å². The van der Waals surface area contributed by atoms with Crippen LogP contribution in [0.2, 0.25) is 5.02 Å². The van der Waals surface area contributed by atoms with Gasteiger partial charge < -0.3 is 14.8 Å². The topological polar surface area (TPSA) is 50.8 Å². The smallest absolute Gasteiger partial charge is 0.234 e. The van der Waals surface area contributed by atoms with E-state index in [2.05, 4.69) is 22.3 Å². The molecule has 2 aliphatic rings. The Morgan fingerprint density at radius 3 is 2.71 bits per heavy atom. The molecular formula is C22H25ClN2O3. The van der Waals surface area contributed by atoms with E-state index in [1.807, 2.05) is 37.3 Å². The number of nitrogens with zero attached hydrogens (tertiary/aromatic N) is 1. The highest BCUT2D eigenvalue weighted by Gasteiger charge is 2.29. The molecule has 28 heavy (non-hydrogen) atoms. The number of hydrogen-bond acceptors (Lipinski definition) is 4. The van der Waals surface area contributed by atoms with Crippen molar-refractivity contribution < 1.29 is 14.3 Å². The number of fused-ring (bicyclic) bond motifs is 1. The first-order chi connectivity index (χ1) is 13.6. The normalized spacial score (nSPS) is 20.0. The van der Waals surface area contributed by atoms with Gasteiger partial charge in [0.05, 0.1) is 12.6 Å². The minimum atomic E-state index is -0.0555. The van der Waals surface area contributed by atoms with Gasteiger partial charge in [0, 0.05) is 11.1 Å². The fourth-order valence-electron chi connectivity index (χ4n) is 3.97. The lowest BCUT2D eigenvalue weighted by molar-refractivity contribution is -0.123. The molecule has 6 heteroatoms. The average Bonchev–Trinajstić information content (AvgIpc) is 3.16. The molecule has 1 N–H and O–H groups in total. The molecule has 0 spiro atoms. The van der Waals surface area contributed by atoms with Gasteiger partial charge in [-0.15, -0.1) is 0 Å². The summed E-state index contributed by atoms with van der Waals surface area (Å²) < 4.78 is 11.3. The summed E-state index contributed by atoms with van der Waals surface area (Å²) in [5, 5.41) is 3.79. The SMILES string of the molecule is C[C@@H](NC(=O)CN1CCC[C@@H]1c1ccc2c(c1)OCCO2)c1ccc(Cl)cc1. The Hall–Kier alpha value is -2.24. The van der Waals surface area contributed by atoms with Gasteiger partial charge in [-0.25, -0.2) is 0 Å². The molecule has 0 saturated carbocycles. The van der Waals surface area contributed by atoms with Gasteiger partial charge in [0.25, 0.3) is 0 Å². The zero-order valence-corrected chi connectivity index (χ0v) is 16.7. The Morgan fingerprint density at radius 2 is 1.93 bits per heavy atom. The molecular weight excluding hydrogens is 376 g/mol. The Morgan fingerprint density at radius 1 is 1.18 bits per heavy atom. The second-order valence-corrected chi connectivity index (χ2v) is 7.81. The van der Waals surface area contributed by atoms with E-state index in [9.17, 15) is 4.79 Å². The highest BCUT2D eigenvalue weighted by molar-refractivity contribution is 6.30. The van der Waals surface area contributed by atoms with E-state index in [0.29, 0.717) is 24.8 Å². The standard InChI is InChI=1S/C22H25ClN2O3/c1-15(16-4-7-18(23)8-5-16)24-22(26)14-25-10-2-3-19(25)17-6-9-20-21(13-17)28-12-11-27-20/h4-9,13,15,19H,2-3,10-12,14H2,1H3,(H,24,26)/t15-,19-/m1/s1. The van der Waals surface area contributed by atoms with Gasteiger partial charge >= 0.3 is 0 Å². The van der Waals surface area contributed by atoms with Crippen molar-refractivity contribution in [1.29, 1.82) is 0 Å². The number of halogens is 1. The van der Waals surface area contributed by atoms with E-state index in [-0.39, 0.29) is 18.0 Å². The number of amides is 1. The second-order valence-electron chi connectivity index (χ2n) is 7.37. The van der Waals surface area contributed by atoms with Crippen LogP contribution in [0.4, 0.5) is 0 Å². The summed E-state index contributed by atoms with van der Waals surface area (Å²) in [7, 11) is 0. The van der Waals surface area contributed by atoms with Crippen LogP contribution in [0.15, 0.2) is 42.5 Å². The summed E-state index contributed by atoms with van der Waals surface area (Å²) in [4.78, 5) is 14.9. The summed E-state index contributed by atoms with van der Waals surface area (Å²) >= 11 is 5.94. The van der Waals surface area contributed by atoms with Crippen molar-refractivity contribution in [2.24, 2.45) is 0 Å². The van der Waals surface area contributed by atoms with Crippen molar-refractivity contribution in [2.45, 2.75) is 31.8 Å². The summed E-state index contributed by atoms with van der Waals surface area (Å²) in [5.74, 6) is 1.64. The van der Waals surface area contributed by atoms with Gasteiger partial charge in [0.15, 0.2) is 11.5 Å². The molecule has 2 aromatic rings. The van der Waals surface area contributed by atoms with Crippen LogP contribution < -0.4 is 14.8 Å². The maximum absolute atomic E-state index is 12.6. The summed E-state index contributed by atoms with van der Waals surface area (Å²) in [6.45, 7) is 4.46. The van der Waals surface area contributed by atoms with Gasteiger partial charge in [0.2, 0.25) is 5.91 Å². The number of carbonyl (C=O) groups excluding carboxylic acids is 1. The highest BCUT2D eigenvalue weighted by Crippen LogP contribution is 2.37. The Balaban J connectivity index is 1.39. The van der Waals surface area contributed by atoms with Crippen LogP contribution in [-0.4, -0.2) is 37.1 Å². The lowest BCUT2D eigenvalue weighted by Gasteiger charge is -2.26. The number of likely N-dealkylation sites (tertiary alicyclic amines) is 1. The third-order valence-electron chi connectivity index (χ3n) is 5.41. The lowest BCUT2D eigenvalue weighted by Crippen LogP contribution is -2.38. The second kappa shape index (κ2) is 8.41. The van der Waals surface area contributed by atoms with Crippen LogP contribution in [0.25, 0.3) is 0 Å². The van der Waals surface area contributed by atoms with Crippen molar-refractivity contribution in [3.05, 3.63) is 58.6 Å². The van der Waals surface area contributed by atoms with Crippen molar-refractivity contribution in [3.8, 4) is 11.5 Å². The molecule has 5 nitrogen and oxygen atoms in total. The molecule has 1 amide bonds. The Labute approximate surface area is 170 Å². The number of carbonyl (C=O) groups is 1. The Kier molecular flexibility index (Phi) is 5.74. The summed E-state index contributed by atoms with van der Waals surface area (Å²) in [6, 6.07) is 13.9. The van der Waals surface area contributed by atoms with Crippen LogP contribution >= 0.6 is 11.6 Å². The third-order valence-corrected chi connectivity index (χ3v) is 5.66. The number of nitrogens with one attached hydrogen (secondary N) is 1. The van der Waals surface area contributed by atoms with Gasteiger partial charge in [-0.2, -0.15) is 0 Å². The van der Waals surface area contributed by atoms with E-state index >= 15 is 0 Å². The van der Waals surface area contributed by atoms with Gasteiger partial charge in [-0.3, -0.25) is 9.69 Å². The zero-order valence-electron chi connectivity index (χ0n) is 16.0. The van der Waals surface area contributed by atoms with Crippen molar-refractivity contribution >= 4 is 17.5 Å². The predicted molar refractivity (Wildman–Crippen MR) is 109 cm³/mol. The maximum atomic E-state index is 12.6. The number of ether oxygens (including phenoxy) is 2. The molecule has 2 aliphatic heterocycles. The largest absolute Gasteiger partial charge is 0.486 e. The molecule has 148 valence electrons. The van der Waals surface area contributed by atoms with Crippen LogP contribution in [-0.2, 0) is 4.79 Å². The molecule has 2 atom stereocenters. The van der Waals surface area contributed by atoms with Crippen molar-refractivity contribution in [3.63, 3.8) is 0 Å². The highest BCUT2D eigenvalue weighted by atomic mass is 35.5. The van der Waals surface area contributed by atoms with Crippen LogP contribution in [0.3, 0.4) is 0 Å². The maximum Gasteiger partial charge on any atom is 0.234 e. The molecule has 0 bridgehead atoms. The van der Waals surface area contributed by atoms with E-state index < -0.39 is 0 Å². The number of hydrogen-bond donors (Lipinski definition) is 1. The van der Waals surface area contributed by atoms with E-state index in [4.69, 9.17) is 21.1 Å². The molecule has 1 fully saturated rings. The van der Waals surface area contributed by atoms with Gasteiger partial charge in [0.1, 0.15) is 13.2 Å². The molecule has 0 aliphatic carbocycles. The first-order valence-electron chi connectivity index (χ1n) is 9.78. The molecule has 0 unspecified atom stereocenters. The molecule has 0 aromatic heterocycles. The first kappa shape index (κ1) is 19.1. The van der Waals surface area contributed by atoms with Crippen molar-refractivity contribution in [2.75, 3.05) is 26.3 Å². The fourth-order valence-corrected chi connectivity index (χ4v) is 4.09. The van der Waals surface area contributed by atoms with Crippen LogP contribution in [0.5, 0.6) is 11.5 Å². The predicted octanol–water partition coefficient (Wildman–Crippen LogP) is 4.13. The third kappa shape index (κ3) is 4.26. The molecule has 0 radical (unpaired) electrons. The minimum Gasteiger partial charge on any atom is -0.486 e. The molecule has 2 heterocycles. The minimum absolute atomic E-state index is 0.0342. The monoisotopic (exact) mass is 400 g/mol. The number of rotatable bonds is 5. The fraction of sp³-hybridized carbons (Fsp3) is 0.409. The van der Waals surface area contributed by atoms with E-state index in [0.717, 1.165) is 36.4 Å². The van der Waals surface area contributed by atoms with Gasteiger partial charge in [-0.05, 0) is 61.7 Å². The van der Waals surface area contributed by atoms with E-state index in [1.54, 1.807) is 0 Å². The number of benzene rings is 2. The lowest BCUT2D eigenvalue weighted by atomic mass is 10.0. The summed E-state index contributed by atoms with van der Waals surface area (Å²) in [6.07, 6.45) is 2.12. The Bertz CT molecular complexity index is 840. The quantitative estimate of drug-likeness (QED) is 0.820. The molecule has 2 aromatic carbocycles. The first-order valence-corrected chi connectivity index (χ1v) is 10.2. The van der Waals surface area contributed by atoms with Gasteiger partial charge in [-0.1, -0.05) is 29.8 Å². The van der Waals surface area contributed by atoms with E-state index in [1.165, 1.54) is 5.56 Å². The molecule has 4 rings (SSSR count). The van der Waals surface area contributed by atoms with Crippen molar-refractivity contribution in [1.82, 2.24) is 10.2 Å². The zero-order chi connectivity index (χ0) is 19.5. The summed E-state index contributed by atoms with van der Waals surface area (Å²) in [5.41, 5.74) is 2.22. The van der Waals surface area contributed by atoms with Crippen LogP contribution in [0.1, 0.15) is 43.0 Å². The average molecular weight is 401 g/mol. The molecule has 1 saturated heterocycles.